The number of carbonyl (C=O) groups excluding carboxylic acids is 7. The Kier molecular flexibility index (Phi) is 19.2. The SMILES string of the molecule is Cn1ccn1C(=O)N(CCCC(=O)OC(COC(=O)C1CC2CCCCC2C1)COC(=O)C1CC2CCCCC2C1)CCCC(=O)OC(COC(=O)C1CC2CCCCC2C1)COC(=O)C1CC2CCCCC2C1. The summed E-state index contributed by atoms with van der Waals surface area (Å²) in [6, 6.07) is -0.331. The first-order valence-electron chi connectivity index (χ1n) is 29.5. The topological polar surface area (TPSA) is 188 Å². The first kappa shape index (κ1) is 54.4. The molecule has 0 saturated heterocycles. The van der Waals surface area contributed by atoms with E-state index in [1.54, 1.807) is 29.0 Å². The van der Waals surface area contributed by atoms with Gasteiger partial charge in [-0.25, -0.2) is 9.48 Å². The van der Waals surface area contributed by atoms with Crippen LogP contribution in [0.4, 0.5) is 4.79 Å². The molecule has 1 amide bonds. The summed E-state index contributed by atoms with van der Waals surface area (Å²) < 4.78 is 38.1. The van der Waals surface area contributed by atoms with Crippen LogP contribution in [-0.4, -0.2) is 108 Å². The van der Waals surface area contributed by atoms with Crippen molar-refractivity contribution in [3.8, 4) is 0 Å². The number of esters is 6. The first-order valence-corrected chi connectivity index (χ1v) is 29.5. The van der Waals surface area contributed by atoms with Gasteiger partial charge in [-0.05, 0) is 112 Å². The predicted octanol–water partition coefficient (Wildman–Crippen LogP) is 9.52. The fourth-order valence-corrected chi connectivity index (χ4v) is 15.3. The summed E-state index contributed by atoms with van der Waals surface area (Å²) in [6.07, 6.45) is 27.2. The largest absolute Gasteiger partial charge is 0.461 e. The molecule has 8 saturated carbocycles. The van der Waals surface area contributed by atoms with Crippen molar-refractivity contribution in [2.45, 2.75) is 192 Å². The molecule has 9 rings (SSSR count). The third kappa shape index (κ3) is 14.4. The molecule has 8 unspecified atom stereocenters. The smallest absolute Gasteiger partial charge is 0.343 e. The number of carbonyl (C=O) groups is 7. The zero-order valence-corrected chi connectivity index (χ0v) is 44.4. The number of aromatic nitrogens is 2. The second kappa shape index (κ2) is 26.1. The maximum Gasteiger partial charge on any atom is 0.343 e. The highest BCUT2D eigenvalue weighted by atomic mass is 16.6. The van der Waals surface area contributed by atoms with Crippen molar-refractivity contribution in [2.75, 3.05) is 39.5 Å². The molecule has 8 aliphatic carbocycles. The summed E-state index contributed by atoms with van der Waals surface area (Å²) in [5, 5.41) is 0. The minimum atomic E-state index is -0.971. The molecule has 8 aliphatic rings. The van der Waals surface area contributed by atoms with E-state index in [2.05, 4.69) is 0 Å². The van der Waals surface area contributed by atoms with Crippen LogP contribution in [0.3, 0.4) is 0 Å². The highest BCUT2D eigenvalue weighted by molar-refractivity contribution is 5.77. The minimum absolute atomic E-state index is 0.0582. The Morgan fingerprint density at radius 1 is 0.432 bits per heavy atom. The molecule has 0 aromatic carbocycles. The van der Waals surface area contributed by atoms with Crippen LogP contribution in [0.15, 0.2) is 12.4 Å². The van der Waals surface area contributed by atoms with Gasteiger partial charge < -0.3 is 33.3 Å². The quantitative estimate of drug-likeness (QED) is 0.0790. The number of rotatable bonds is 22. The monoisotopic (exact) mass is 1030 g/mol. The highest BCUT2D eigenvalue weighted by Crippen LogP contribution is 2.48. The van der Waals surface area contributed by atoms with E-state index < -0.39 is 24.1 Å². The fraction of sp³-hybridized carbons (Fsp3) is 0.845. The van der Waals surface area contributed by atoms with Crippen molar-refractivity contribution in [2.24, 2.45) is 78.1 Å². The van der Waals surface area contributed by atoms with Gasteiger partial charge in [0.2, 0.25) is 0 Å². The minimum Gasteiger partial charge on any atom is -0.461 e. The lowest BCUT2D eigenvalue weighted by molar-refractivity contribution is -0.169. The average Bonchev–Trinajstić information content (AvgIpc) is 4.24. The third-order valence-electron chi connectivity index (χ3n) is 19.4. The van der Waals surface area contributed by atoms with Gasteiger partial charge in [-0.2, -0.15) is 0 Å². The Morgan fingerprint density at radius 2 is 0.703 bits per heavy atom. The van der Waals surface area contributed by atoms with Gasteiger partial charge in [-0.15, -0.1) is 0 Å². The number of amides is 1. The van der Waals surface area contributed by atoms with Crippen LogP contribution in [0.2, 0.25) is 0 Å². The number of aryl methyl sites for hydroxylation is 1. The molecule has 0 N–H and O–H groups in total. The fourth-order valence-electron chi connectivity index (χ4n) is 15.3. The summed E-state index contributed by atoms with van der Waals surface area (Å²) in [5.41, 5.74) is 0. The zero-order chi connectivity index (χ0) is 51.6. The van der Waals surface area contributed by atoms with E-state index in [1.807, 2.05) is 0 Å². The van der Waals surface area contributed by atoms with Crippen molar-refractivity contribution in [1.29, 1.82) is 0 Å². The van der Waals surface area contributed by atoms with Crippen molar-refractivity contribution >= 4 is 41.8 Å². The van der Waals surface area contributed by atoms with Gasteiger partial charge in [-0.1, -0.05) is 103 Å². The van der Waals surface area contributed by atoms with Gasteiger partial charge in [0.25, 0.3) is 0 Å². The van der Waals surface area contributed by atoms with Gasteiger partial charge in [0, 0.05) is 45.4 Å². The number of hydrogen-bond donors (Lipinski definition) is 0. The molecule has 0 spiro atoms. The molecule has 16 nitrogen and oxygen atoms in total. The maximum atomic E-state index is 13.7. The summed E-state index contributed by atoms with van der Waals surface area (Å²) in [5.74, 6) is 1.43. The lowest BCUT2D eigenvalue weighted by Crippen LogP contribution is -2.40. The Balaban J connectivity index is 0.759. The molecule has 74 heavy (non-hydrogen) atoms. The summed E-state index contributed by atoms with van der Waals surface area (Å²) in [4.78, 5) is 95.7. The number of fused-ring (bicyclic) bond motifs is 4. The van der Waals surface area contributed by atoms with E-state index in [4.69, 9.17) is 28.4 Å². The molecule has 8 atom stereocenters. The standard InChI is InChI=1S/C58H87N3O13/c1-59-24-25-61(59)58(68)60(22-10-20-52(62)73-50(34-69-54(64)46-26-38-12-2-3-13-39(38)27-46)35-70-55(65)47-28-40-14-4-5-15-41(40)29-47)23-11-21-53(63)74-51(36-71-56(66)48-30-42-16-6-7-17-43(42)31-48)37-72-57(67)49-32-44-18-8-9-19-45(44)33-49/h24-25,38-51H,2-23,26-37H2,1H3. The molecule has 1 aromatic heterocycles. The van der Waals surface area contributed by atoms with Gasteiger partial charge in [0.05, 0.1) is 23.7 Å². The molecule has 0 aliphatic heterocycles. The Labute approximate surface area is 438 Å². The van der Waals surface area contributed by atoms with Crippen LogP contribution in [0.5, 0.6) is 0 Å². The predicted molar refractivity (Wildman–Crippen MR) is 271 cm³/mol. The summed E-state index contributed by atoms with van der Waals surface area (Å²) >= 11 is 0. The Morgan fingerprint density at radius 3 is 0.932 bits per heavy atom. The van der Waals surface area contributed by atoms with Gasteiger partial charge in [0.1, 0.15) is 26.4 Å². The lowest BCUT2D eigenvalue weighted by atomic mass is 9.82. The van der Waals surface area contributed by atoms with Crippen LogP contribution in [0.1, 0.15) is 180 Å². The van der Waals surface area contributed by atoms with Gasteiger partial charge in [0.15, 0.2) is 12.2 Å². The summed E-state index contributed by atoms with van der Waals surface area (Å²) in [7, 11) is 1.74. The summed E-state index contributed by atoms with van der Waals surface area (Å²) in [6.45, 7) is -0.482. The van der Waals surface area contributed by atoms with Crippen LogP contribution < -0.4 is 0 Å². The van der Waals surface area contributed by atoms with E-state index in [1.165, 1.54) is 56.0 Å². The van der Waals surface area contributed by atoms with E-state index in [0.717, 1.165) is 103 Å². The van der Waals surface area contributed by atoms with Crippen LogP contribution in [-0.2, 0) is 64.2 Å². The van der Waals surface area contributed by atoms with E-state index in [9.17, 15) is 33.6 Å². The van der Waals surface area contributed by atoms with Crippen LogP contribution >= 0.6 is 0 Å². The molecule has 0 radical (unpaired) electrons. The van der Waals surface area contributed by atoms with Gasteiger partial charge in [-0.3, -0.25) is 33.4 Å². The van der Waals surface area contributed by atoms with E-state index >= 15 is 0 Å². The number of hydrogen-bond acceptors (Lipinski definition) is 13. The molecule has 16 heteroatoms. The van der Waals surface area contributed by atoms with E-state index in [-0.39, 0.29) is 119 Å². The maximum absolute atomic E-state index is 13.7. The Bertz CT molecular complexity index is 1810. The highest BCUT2D eigenvalue weighted by Gasteiger charge is 2.44. The second-order valence-electron chi connectivity index (χ2n) is 24.3. The van der Waals surface area contributed by atoms with Crippen molar-refractivity contribution in [3.05, 3.63) is 12.4 Å². The van der Waals surface area contributed by atoms with Gasteiger partial charge >= 0.3 is 41.8 Å². The Hall–Kier alpha value is -4.37. The molecular weight excluding hydrogens is 947 g/mol. The van der Waals surface area contributed by atoms with Crippen LogP contribution in [0.25, 0.3) is 0 Å². The average molecular weight is 1030 g/mol. The molecule has 412 valence electrons. The second-order valence-corrected chi connectivity index (χ2v) is 24.3. The normalized spacial score (nSPS) is 31.9. The van der Waals surface area contributed by atoms with Crippen molar-refractivity contribution < 1.29 is 62.0 Å². The number of nitrogens with zero attached hydrogens (tertiary/aromatic N) is 3. The molecule has 8 fully saturated rings. The molecule has 0 bridgehead atoms. The number of ether oxygens (including phenoxy) is 6. The molecule has 1 heterocycles. The van der Waals surface area contributed by atoms with E-state index in [0.29, 0.717) is 47.3 Å². The first-order chi connectivity index (χ1) is 35.9. The van der Waals surface area contributed by atoms with Crippen LogP contribution in [0, 0.1) is 71.0 Å². The molecule has 1 aromatic rings. The van der Waals surface area contributed by atoms with Crippen molar-refractivity contribution in [3.63, 3.8) is 0 Å². The molecular formula is C58H87N3O13. The zero-order valence-electron chi connectivity index (χ0n) is 44.4. The lowest BCUT2D eigenvalue weighted by Gasteiger charge is -2.26. The van der Waals surface area contributed by atoms with Crippen molar-refractivity contribution in [1.82, 2.24) is 14.3 Å². The third-order valence-corrected chi connectivity index (χ3v) is 19.4.